The lowest BCUT2D eigenvalue weighted by Crippen LogP contribution is -2.48. The van der Waals surface area contributed by atoms with Crippen molar-refractivity contribution in [2.45, 2.75) is 13.0 Å². The smallest absolute Gasteiger partial charge is 0.252 e. The number of hydrogen-bond donors (Lipinski definition) is 3. The Morgan fingerprint density at radius 2 is 1.83 bits per heavy atom. The first-order chi connectivity index (χ1) is 23.2. The second kappa shape index (κ2) is 14.4. The van der Waals surface area contributed by atoms with E-state index < -0.39 is 5.82 Å². The van der Waals surface area contributed by atoms with Crippen molar-refractivity contribution in [1.29, 1.82) is 0 Å². The fraction of sp³-hybridized carbons (Fsp3) is 0.243. The molecule has 1 aliphatic heterocycles. The first-order valence-corrected chi connectivity index (χ1v) is 16.2. The van der Waals surface area contributed by atoms with E-state index in [1.54, 1.807) is 24.1 Å². The average Bonchev–Trinajstić information content (AvgIpc) is 3.41. The van der Waals surface area contributed by atoms with Gasteiger partial charge in [0, 0.05) is 67.7 Å². The molecule has 0 atom stereocenters. The third-order valence-electron chi connectivity index (χ3n) is 8.69. The van der Waals surface area contributed by atoms with Crippen molar-refractivity contribution in [2.24, 2.45) is 4.99 Å². The second-order valence-corrected chi connectivity index (χ2v) is 12.6. The van der Waals surface area contributed by atoms with Crippen LogP contribution in [0.25, 0.3) is 10.9 Å². The van der Waals surface area contributed by atoms with Gasteiger partial charge in [-0.2, -0.15) is 0 Å². The molecule has 4 aromatic rings. The summed E-state index contributed by atoms with van der Waals surface area (Å²) in [6, 6.07) is 19.1. The zero-order valence-corrected chi connectivity index (χ0v) is 27.7. The number of likely N-dealkylation sites (N-methyl/N-ethyl adjacent to an activating group) is 2. The minimum atomic E-state index is -0.434. The molecular formula is C37H37FN6O3S. The molecule has 1 fully saturated rings. The van der Waals surface area contributed by atoms with Gasteiger partial charge in [-0.3, -0.25) is 14.5 Å². The first kappa shape index (κ1) is 33.0. The van der Waals surface area contributed by atoms with E-state index in [4.69, 9.17) is 17.2 Å². The topological polar surface area (TPSA) is 104 Å². The molecule has 1 aliphatic carbocycles. The van der Waals surface area contributed by atoms with Crippen molar-refractivity contribution >= 4 is 56.9 Å². The Hall–Kier alpha value is -4.97. The Kier molecular flexibility index (Phi) is 9.90. The van der Waals surface area contributed by atoms with Gasteiger partial charge in [-0.25, -0.2) is 9.38 Å². The highest BCUT2D eigenvalue weighted by atomic mass is 32.1. The molecule has 1 aromatic heterocycles. The van der Waals surface area contributed by atoms with Crippen LogP contribution in [0.1, 0.15) is 23.1 Å². The summed E-state index contributed by atoms with van der Waals surface area (Å²) in [7, 11) is 3.85. The third kappa shape index (κ3) is 7.44. The minimum absolute atomic E-state index is 0.00871. The Balaban J connectivity index is 1.29. The molecule has 48 heavy (non-hydrogen) atoms. The number of hydrogen-bond acceptors (Lipinski definition) is 7. The molecule has 0 unspecified atom stereocenters. The quantitative estimate of drug-likeness (QED) is 0.167. The van der Waals surface area contributed by atoms with E-state index in [1.807, 2.05) is 60.7 Å². The number of halogens is 1. The number of fused-ring (bicyclic) bond motifs is 1. The number of piperazine rings is 1. The number of thiocarbonyl (C=S) groups is 1. The highest BCUT2D eigenvalue weighted by Gasteiger charge is 2.22. The molecule has 3 N–H and O–H groups in total. The Bertz CT molecular complexity index is 1960. The summed E-state index contributed by atoms with van der Waals surface area (Å²) >= 11 is 5.36. The number of H-pyrrole nitrogens is 1. The number of nitrogens with zero attached hydrogens (tertiary/aromatic N) is 4. The lowest BCUT2D eigenvalue weighted by molar-refractivity contribution is -0.120. The molecule has 3 aromatic carbocycles. The number of anilines is 1. The van der Waals surface area contributed by atoms with Crippen LogP contribution in [0.15, 0.2) is 95.5 Å². The maximum Gasteiger partial charge on any atom is 0.252 e. The van der Waals surface area contributed by atoms with E-state index in [0.29, 0.717) is 56.8 Å². The number of aromatic amines is 1. The Labute approximate surface area is 284 Å². The summed E-state index contributed by atoms with van der Waals surface area (Å²) in [5, 5.41) is 14.6. The summed E-state index contributed by atoms with van der Waals surface area (Å²) in [6.45, 7) is 4.20. The SMILES string of the molecule is CN1CCN(CC(=O)N(C)c2ccc(N=C(c3cccc(CNC(=O)C4=CC=CCC4=S)c3)c3c(O)[nH]c4cc(F)ccc34)cc2)CC1. The van der Waals surface area contributed by atoms with Crippen LogP contribution in [0.4, 0.5) is 15.8 Å². The molecule has 11 heteroatoms. The Morgan fingerprint density at radius 1 is 1.06 bits per heavy atom. The number of aromatic nitrogens is 1. The maximum absolute atomic E-state index is 14.1. The van der Waals surface area contributed by atoms with E-state index in [0.717, 1.165) is 37.4 Å². The van der Waals surface area contributed by atoms with Crippen molar-refractivity contribution in [3.8, 4) is 5.88 Å². The number of carbonyl (C=O) groups is 2. The van der Waals surface area contributed by atoms with Gasteiger partial charge in [0.15, 0.2) is 5.88 Å². The van der Waals surface area contributed by atoms with Crippen LogP contribution < -0.4 is 10.2 Å². The van der Waals surface area contributed by atoms with E-state index in [-0.39, 0.29) is 24.2 Å². The minimum Gasteiger partial charge on any atom is -0.494 e. The van der Waals surface area contributed by atoms with Crippen LogP contribution in [-0.4, -0.2) is 89.1 Å². The number of aliphatic imine (C=N–C) groups is 1. The lowest BCUT2D eigenvalue weighted by Gasteiger charge is -2.32. The van der Waals surface area contributed by atoms with Crippen LogP contribution in [0.5, 0.6) is 5.88 Å². The molecule has 9 nitrogen and oxygen atoms in total. The molecule has 0 saturated carbocycles. The van der Waals surface area contributed by atoms with Crippen molar-refractivity contribution in [3.05, 3.63) is 113 Å². The Morgan fingerprint density at radius 3 is 2.58 bits per heavy atom. The van der Waals surface area contributed by atoms with E-state index in [2.05, 4.69) is 27.1 Å². The fourth-order valence-electron chi connectivity index (χ4n) is 5.84. The monoisotopic (exact) mass is 664 g/mol. The van der Waals surface area contributed by atoms with Gasteiger partial charge in [0.2, 0.25) is 5.91 Å². The number of rotatable bonds is 9. The standard InChI is InChI=1S/C37H37FN6O3S/c1-42-16-18-44(19-17-42)23-33(45)43(2)28-13-11-27(12-14-28)40-35(34-29-15-10-26(38)21-31(29)41-37(34)47)25-7-5-6-24(20-25)22-39-36(46)30-8-3-4-9-32(30)48/h3-8,10-15,20-21,41,47H,9,16-19,22-23H2,1-2H3,(H,39,46). The van der Waals surface area contributed by atoms with Crippen LogP contribution in [0.3, 0.4) is 0 Å². The maximum atomic E-state index is 14.1. The van der Waals surface area contributed by atoms with Gasteiger partial charge < -0.3 is 25.2 Å². The van der Waals surface area contributed by atoms with Gasteiger partial charge in [-0.15, -0.1) is 0 Å². The molecular weight excluding hydrogens is 628 g/mol. The zero-order valence-electron chi connectivity index (χ0n) is 26.9. The number of allylic oxidation sites excluding steroid dienone is 3. The molecule has 0 radical (unpaired) electrons. The van der Waals surface area contributed by atoms with Gasteiger partial charge in [0.05, 0.1) is 34.6 Å². The summed E-state index contributed by atoms with van der Waals surface area (Å²) in [6.07, 6.45) is 6.02. The molecule has 6 rings (SSSR count). The predicted octanol–water partition coefficient (Wildman–Crippen LogP) is 5.26. The van der Waals surface area contributed by atoms with Crippen molar-refractivity contribution < 1.29 is 19.1 Å². The molecule has 246 valence electrons. The van der Waals surface area contributed by atoms with Gasteiger partial charge in [-0.1, -0.05) is 42.6 Å². The van der Waals surface area contributed by atoms with Crippen molar-refractivity contribution in [3.63, 3.8) is 0 Å². The van der Waals surface area contributed by atoms with Gasteiger partial charge in [-0.05, 0) is 67.2 Å². The normalized spacial score (nSPS) is 15.9. The summed E-state index contributed by atoms with van der Waals surface area (Å²) in [5.74, 6) is -0.817. The number of carbonyl (C=O) groups excluding carboxylic acids is 2. The summed E-state index contributed by atoms with van der Waals surface area (Å²) in [5.41, 5.74) is 4.60. The number of amides is 2. The highest BCUT2D eigenvalue weighted by Crippen LogP contribution is 2.32. The third-order valence-corrected chi connectivity index (χ3v) is 9.07. The molecule has 2 aliphatic rings. The van der Waals surface area contributed by atoms with Gasteiger partial charge in [0.25, 0.3) is 5.91 Å². The summed E-state index contributed by atoms with van der Waals surface area (Å²) < 4.78 is 14.1. The summed E-state index contributed by atoms with van der Waals surface area (Å²) in [4.78, 5) is 40.4. The lowest BCUT2D eigenvalue weighted by atomic mass is 9.98. The number of benzene rings is 3. The number of aromatic hydroxyl groups is 1. The molecule has 0 bridgehead atoms. The van der Waals surface area contributed by atoms with Gasteiger partial charge >= 0.3 is 0 Å². The first-order valence-electron chi connectivity index (χ1n) is 15.8. The largest absolute Gasteiger partial charge is 0.494 e. The van der Waals surface area contributed by atoms with E-state index in [1.165, 1.54) is 12.1 Å². The van der Waals surface area contributed by atoms with Crippen LogP contribution in [-0.2, 0) is 16.1 Å². The highest BCUT2D eigenvalue weighted by molar-refractivity contribution is 7.81. The molecule has 1 saturated heterocycles. The van der Waals surface area contributed by atoms with Crippen LogP contribution in [0, 0.1) is 5.82 Å². The molecule has 2 heterocycles. The molecule has 2 amide bonds. The number of nitrogens with one attached hydrogen (secondary N) is 2. The molecule has 0 spiro atoms. The zero-order chi connectivity index (χ0) is 33.8. The van der Waals surface area contributed by atoms with Crippen LogP contribution >= 0.6 is 12.2 Å². The van der Waals surface area contributed by atoms with Crippen molar-refractivity contribution in [2.75, 3.05) is 51.7 Å². The average molecular weight is 665 g/mol. The van der Waals surface area contributed by atoms with Crippen LogP contribution in [0.2, 0.25) is 0 Å². The fourth-order valence-corrected chi connectivity index (χ4v) is 6.09. The van der Waals surface area contributed by atoms with Crippen molar-refractivity contribution in [1.82, 2.24) is 20.1 Å². The van der Waals surface area contributed by atoms with Gasteiger partial charge in [0.1, 0.15) is 5.82 Å². The van der Waals surface area contributed by atoms with E-state index >= 15 is 0 Å². The predicted molar refractivity (Wildman–Crippen MR) is 192 cm³/mol. The van der Waals surface area contributed by atoms with E-state index in [9.17, 15) is 19.1 Å². The second-order valence-electron chi connectivity index (χ2n) is 12.1.